The first-order valence-corrected chi connectivity index (χ1v) is 6.39. The van der Waals surface area contributed by atoms with Gasteiger partial charge in [0, 0.05) is 18.5 Å². The maximum Gasteiger partial charge on any atom is 0.273 e. The summed E-state index contributed by atoms with van der Waals surface area (Å²) in [6, 6.07) is 1.72. The Morgan fingerprint density at radius 1 is 1.58 bits per heavy atom. The molecule has 1 amide bonds. The smallest absolute Gasteiger partial charge is 0.273 e. The summed E-state index contributed by atoms with van der Waals surface area (Å²) in [5.74, 6) is 1.74. The van der Waals surface area contributed by atoms with Crippen LogP contribution >= 0.6 is 0 Å². The van der Waals surface area contributed by atoms with Gasteiger partial charge in [-0.05, 0) is 19.8 Å². The topological polar surface area (TPSA) is 85.8 Å². The van der Waals surface area contributed by atoms with Crippen LogP contribution in [0.25, 0.3) is 0 Å². The van der Waals surface area contributed by atoms with Gasteiger partial charge in [-0.1, -0.05) is 5.16 Å². The zero-order valence-electron chi connectivity index (χ0n) is 10.7. The van der Waals surface area contributed by atoms with Crippen LogP contribution in [-0.4, -0.2) is 25.8 Å². The number of hydrogen-bond acceptors (Lipinski definition) is 5. The molecule has 1 aliphatic rings. The minimum Gasteiger partial charge on any atom is -0.360 e. The molecule has 1 saturated carbocycles. The van der Waals surface area contributed by atoms with Gasteiger partial charge in [-0.3, -0.25) is 4.79 Å². The van der Waals surface area contributed by atoms with Gasteiger partial charge in [0.05, 0.1) is 6.54 Å². The first-order chi connectivity index (χ1) is 9.28. The molecule has 100 valence electrons. The Kier molecular flexibility index (Phi) is 3.02. The highest BCUT2D eigenvalue weighted by atomic mass is 16.5. The minimum atomic E-state index is -0.249. The summed E-state index contributed by atoms with van der Waals surface area (Å²) < 4.78 is 7.02. The van der Waals surface area contributed by atoms with Crippen LogP contribution in [0.2, 0.25) is 0 Å². The lowest BCUT2D eigenvalue weighted by atomic mass is 10.3. The average Bonchev–Trinajstić information content (AvgIpc) is 3.00. The molecule has 0 saturated heterocycles. The number of nitrogens with one attached hydrogen (secondary N) is 1. The lowest BCUT2D eigenvalue weighted by Gasteiger charge is -2.03. The van der Waals surface area contributed by atoms with Crippen molar-refractivity contribution in [1.29, 1.82) is 0 Å². The van der Waals surface area contributed by atoms with Crippen molar-refractivity contribution < 1.29 is 9.32 Å². The van der Waals surface area contributed by atoms with E-state index in [1.165, 1.54) is 0 Å². The summed E-state index contributed by atoms with van der Waals surface area (Å²) in [5, 5.41) is 14.3. The fourth-order valence-electron chi connectivity index (χ4n) is 1.89. The van der Waals surface area contributed by atoms with E-state index in [1.54, 1.807) is 12.4 Å². The molecule has 19 heavy (non-hydrogen) atoms. The maximum atomic E-state index is 11.9. The predicted molar refractivity (Wildman–Crippen MR) is 65.3 cm³/mol. The second-order valence-electron chi connectivity index (χ2n) is 4.60. The molecule has 0 unspecified atom stereocenters. The third-order valence-electron chi connectivity index (χ3n) is 3.18. The van der Waals surface area contributed by atoms with Gasteiger partial charge in [-0.25, -0.2) is 0 Å². The Labute approximate surface area is 110 Å². The quantitative estimate of drug-likeness (QED) is 0.870. The SMILES string of the molecule is CCn1cnnc1CNC(=O)c1cc(C2CC2)on1. The van der Waals surface area contributed by atoms with E-state index in [9.17, 15) is 4.79 Å². The molecular weight excluding hydrogens is 246 g/mol. The van der Waals surface area contributed by atoms with Gasteiger partial charge >= 0.3 is 0 Å². The molecule has 0 spiro atoms. The number of carbonyl (C=O) groups excluding carboxylic acids is 1. The number of nitrogens with zero attached hydrogens (tertiary/aromatic N) is 4. The fourth-order valence-corrected chi connectivity index (χ4v) is 1.89. The van der Waals surface area contributed by atoms with Crippen LogP contribution in [0.4, 0.5) is 0 Å². The minimum absolute atomic E-state index is 0.249. The summed E-state index contributed by atoms with van der Waals surface area (Å²) in [6.07, 6.45) is 3.88. The lowest BCUT2D eigenvalue weighted by molar-refractivity contribution is 0.0940. The second-order valence-corrected chi connectivity index (χ2v) is 4.60. The monoisotopic (exact) mass is 261 g/mol. The van der Waals surface area contributed by atoms with Crippen molar-refractivity contribution in [3.05, 3.63) is 29.7 Å². The van der Waals surface area contributed by atoms with E-state index in [-0.39, 0.29) is 5.91 Å². The normalized spacial score (nSPS) is 14.6. The third kappa shape index (κ3) is 2.49. The first-order valence-electron chi connectivity index (χ1n) is 6.39. The van der Waals surface area contributed by atoms with Crippen LogP contribution in [0.3, 0.4) is 0 Å². The van der Waals surface area contributed by atoms with Crippen molar-refractivity contribution in [2.24, 2.45) is 0 Å². The molecule has 2 aromatic rings. The molecule has 1 aliphatic carbocycles. The highest BCUT2D eigenvalue weighted by Crippen LogP contribution is 2.40. The number of aromatic nitrogens is 4. The molecule has 7 heteroatoms. The van der Waals surface area contributed by atoms with Crippen LogP contribution < -0.4 is 5.32 Å². The highest BCUT2D eigenvalue weighted by Gasteiger charge is 2.28. The van der Waals surface area contributed by atoms with Crippen molar-refractivity contribution in [2.45, 2.75) is 38.8 Å². The van der Waals surface area contributed by atoms with Crippen molar-refractivity contribution >= 4 is 5.91 Å². The van der Waals surface area contributed by atoms with Crippen molar-refractivity contribution in [1.82, 2.24) is 25.2 Å². The Morgan fingerprint density at radius 2 is 2.42 bits per heavy atom. The van der Waals surface area contributed by atoms with E-state index in [0.717, 1.165) is 31.0 Å². The molecule has 0 atom stereocenters. The van der Waals surface area contributed by atoms with Gasteiger partial charge < -0.3 is 14.4 Å². The Bertz CT molecular complexity index is 584. The number of rotatable bonds is 5. The molecule has 1 N–H and O–H groups in total. The summed E-state index contributed by atoms with van der Waals surface area (Å²) >= 11 is 0. The molecule has 0 bridgehead atoms. The average molecular weight is 261 g/mol. The fraction of sp³-hybridized carbons (Fsp3) is 0.500. The Balaban J connectivity index is 1.61. The van der Waals surface area contributed by atoms with Crippen molar-refractivity contribution in [2.75, 3.05) is 0 Å². The van der Waals surface area contributed by atoms with E-state index in [2.05, 4.69) is 20.7 Å². The summed E-state index contributed by atoms with van der Waals surface area (Å²) in [6.45, 7) is 3.10. The number of carbonyl (C=O) groups is 1. The molecule has 2 heterocycles. The van der Waals surface area contributed by atoms with Gasteiger partial charge in [-0.15, -0.1) is 10.2 Å². The van der Waals surface area contributed by atoms with Crippen molar-refractivity contribution in [3.8, 4) is 0 Å². The summed E-state index contributed by atoms with van der Waals surface area (Å²) in [4.78, 5) is 11.9. The highest BCUT2D eigenvalue weighted by molar-refractivity contribution is 5.92. The largest absolute Gasteiger partial charge is 0.360 e. The second kappa shape index (κ2) is 4.83. The standard InChI is InChI=1S/C12H15N5O2/c1-2-17-7-14-15-11(17)6-13-12(18)9-5-10(19-16-9)8-3-4-8/h5,7-8H,2-4,6H2,1H3,(H,13,18). The van der Waals surface area contributed by atoms with E-state index in [4.69, 9.17) is 4.52 Å². The molecule has 2 aromatic heterocycles. The van der Waals surface area contributed by atoms with Gasteiger partial charge in [0.2, 0.25) is 0 Å². The lowest BCUT2D eigenvalue weighted by Crippen LogP contribution is -2.24. The van der Waals surface area contributed by atoms with E-state index in [0.29, 0.717) is 18.2 Å². The van der Waals surface area contributed by atoms with Gasteiger partial charge in [-0.2, -0.15) is 0 Å². The molecule has 3 rings (SSSR count). The van der Waals surface area contributed by atoms with E-state index >= 15 is 0 Å². The Hall–Kier alpha value is -2.18. The predicted octanol–water partition coefficient (Wildman–Crippen LogP) is 1.09. The molecule has 0 aliphatic heterocycles. The van der Waals surface area contributed by atoms with Crippen LogP contribution in [-0.2, 0) is 13.1 Å². The van der Waals surface area contributed by atoms with Gasteiger partial charge in [0.15, 0.2) is 11.5 Å². The van der Waals surface area contributed by atoms with E-state index in [1.807, 2.05) is 11.5 Å². The zero-order chi connectivity index (χ0) is 13.2. The first kappa shape index (κ1) is 11.9. The maximum absolute atomic E-state index is 11.9. The zero-order valence-corrected chi connectivity index (χ0v) is 10.7. The van der Waals surface area contributed by atoms with Crippen LogP contribution in [0, 0.1) is 0 Å². The molecule has 1 fully saturated rings. The van der Waals surface area contributed by atoms with Crippen molar-refractivity contribution in [3.63, 3.8) is 0 Å². The number of amides is 1. The molecule has 0 aromatic carbocycles. The third-order valence-corrected chi connectivity index (χ3v) is 3.18. The van der Waals surface area contributed by atoms with Crippen LogP contribution in [0.1, 0.15) is 47.8 Å². The molecule has 7 nitrogen and oxygen atoms in total. The molecule has 0 radical (unpaired) electrons. The molecular formula is C12H15N5O2. The van der Waals surface area contributed by atoms with Crippen LogP contribution in [0.15, 0.2) is 16.9 Å². The number of aryl methyl sites for hydroxylation is 1. The van der Waals surface area contributed by atoms with Crippen LogP contribution in [0.5, 0.6) is 0 Å². The van der Waals surface area contributed by atoms with Gasteiger partial charge in [0.1, 0.15) is 12.1 Å². The summed E-state index contributed by atoms with van der Waals surface area (Å²) in [7, 11) is 0. The van der Waals surface area contributed by atoms with E-state index < -0.39 is 0 Å². The Morgan fingerprint density at radius 3 is 3.16 bits per heavy atom. The number of hydrogen-bond donors (Lipinski definition) is 1. The summed E-state index contributed by atoms with van der Waals surface area (Å²) in [5.41, 5.74) is 0.324. The van der Waals surface area contributed by atoms with Gasteiger partial charge in [0.25, 0.3) is 5.91 Å².